The third-order valence-corrected chi connectivity index (χ3v) is 2.67. The van der Waals surface area contributed by atoms with Crippen LogP contribution >= 0.6 is 0 Å². The fraction of sp³-hybridized carbons (Fsp3) is 0.571. The smallest absolute Gasteiger partial charge is 0.142 e. The summed E-state index contributed by atoms with van der Waals surface area (Å²) in [5.41, 5.74) is 8.07. The number of hydrogen-bond donors (Lipinski definition) is 1. The lowest BCUT2D eigenvalue weighted by Gasteiger charge is -2.20. The minimum Gasteiger partial charge on any atom is -0.490 e. The van der Waals surface area contributed by atoms with Crippen molar-refractivity contribution in [3.05, 3.63) is 23.8 Å². The van der Waals surface area contributed by atoms with E-state index in [1.165, 1.54) is 5.56 Å². The fourth-order valence-corrected chi connectivity index (χ4v) is 1.48. The summed E-state index contributed by atoms with van der Waals surface area (Å²) in [6, 6.07) is 6.05. The highest BCUT2D eigenvalue weighted by molar-refractivity contribution is 5.55. The lowest BCUT2D eigenvalue weighted by Crippen LogP contribution is -2.20. The molecule has 0 spiro atoms. The van der Waals surface area contributed by atoms with Gasteiger partial charge < -0.3 is 15.4 Å². The van der Waals surface area contributed by atoms with E-state index >= 15 is 0 Å². The summed E-state index contributed by atoms with van der Waals surface area (Å²) >= 11 is 0. The van der Waals surface area contributed by atoms with Crippen molar-refractivity contribution in [1.29, 1.82) is 0 Å². The predicted octanol–water partition coefficient (Wildman–Crippen LogP) is 2.51. The summed E-state index contributed by atoms with van der Waals surface area (Å²) in [5.74, 6) is 0.778. The summed E-state index contributed by atoms with van der Waals surface area (Å²) in [5, 5.41) is 0. The molecule has 1 aromatic rings. The second kappa shape index (κ2) is 5.41. The van der Waals surface area contributed by atoms with Gasteiger partial charge in [0.15, 0.2) is 0 Å². The number of nitrogen functional groups attached to an aromatic ring is 1. The summed E-state index contributed by atoms with van der Waals surface area (Å²) < 4.78 is 5.65. The lowest BCUT2D eigenvalue weighted by molar-refractivity contribution is 0.262. The van der Waals surface area contributed by atoms with Gasteiger partial charge in [0.2, 0.25) is 0 Å². The number of nitrogens with zero attached hydrogens (tertiary/aromatic N) is 1. The first-order valence-corrected chi connectivity index (χ1v) is 5.98. The maximum Gasteiger partial charge on any atom is 0.142 e. The van der Waals surface area contributed by atoms with Gasteiger partial charge in [0.25, 0.3) is 0 Å². The van der Waals surface area contributed by atoms with Gasteiger partial charge in [-0.2, -0.15) is 0 Å². The van der Waals surface area contributed by atoms with E-state index in [9.17, 15) is 0 Å². The number of ether oxygens (including phenoxy) is 1. The van der Waals surface area contributed by atoms with Crippen LogP contribution in [0.25, 0.3) is 0 Å². The molecule has 0 bridgehead atoms. The topological polar surface area (TPSA) is 38.5 Å². The molecule has 0 aliphatic heterocycles. The standard InChI is InChI=1S/C14H24N2O/c1-14(2,3)11-6-7-13(12(15)10-11)17-9-8-16(4)5/h6-7,10H,8-9,15H2,1-5H3. The molecular formula is C14H24N2O. The highest BCUT2D eigenvalue weighted by Crippen LogP contribution is 2.29. The van der Waals surface area contributed by atoms with Crippen LogP contribution < -0.4 is 10.5 Å². The molecule has 0 unspecified atom stereocenters. The fourth-order valence-electron chi connectivity index (χ4n) is 1.48. The first-order valence-electron chi connectivity index (χ1n) is 5.98. The third-order valence-electron chi connectivity index (χ3n) is 2.67. The molecule has 3 nitrogen and oxygen atoms in total. The molecular weight excluding hydrogens is 212 g/mol. The van der Waals surface area contributed by atoms with Crippen LogP contribution in [0.1, 0.15) is 26.3 Å². The van der Waals surface area contributed by atoms with Gasteiger partial charge in [-0.15, -0.1) is 0 Å². The van der Waals surface area contributed by atoms with Crippen LogP contribution in [-0.2, 0) is 5.41 Å². The van der Waals surface area contributed by atoms with Crippen LogP contribution in [0.3, 0.4) is 0 Å². The van der Waals surface area contributed by atoms with Crippen molar-refractivity contribution in [1.82, 2.24) is 4.90 Å². The van der Waals surface area contributed by atoms with Gasteiger partial charge >= 0.3 is 0 Å². The Kier molecular flexibility index (Phi) is 4.40. The highest BCUT2D eigenvalue weighted by atomic mass is 16.5. The molecule has 1 rings (SSSR count). The Labute approximate surface area is 105 Å². The lowest BCUT2D eigenvalue weighted by atomic mass is 9.87. The summed E-state index contributed by atoms with van der Waals surface area (Å²) in [7, 11) is 4.05. The predicted molar refractivity (Wildman–Crippen MR) is 73.6 cm³/mol. The molecule has 0 aliphatic rings. The average molecular weight is 236 g/mol. The van der Waals surface area contributed by atoms with E-state index < -0.39 is 0 Å². The maximum atomic E-state index is 6.00. The number of hydrogen-bond acceptors (Lipinski definition) is 3. The molecule has 0 amide bonds. The van der Waals surface area contributed by atoms with E-state index in [1.807, 2.05) is 26.2 Å². The number of benzene rings is 1. The van der Waals surface area contributed by atoms with Crippen LogP contribution in [0.15, 0.2) is 18.2 Å². The molecule has 1 aromatic carbocycles. The number of rotatable bonds is 4. The molecule has 0 heterocycles. The van der Waals surface area contributed by atoms with Crippen LogP contribution in [-0.4, -0.2) is 32.1 Å². The van der Waals surface area contributed by atoms with Gasteiger partial charge in [-0.05, 0) is 37.2 Å². The van der Waals surface area contributed by atoms with E-state index in [0.29, 0.717) is 6.61 Å². The molecule has 0 atom stereocenters. The first kappa shape index (κ1) is 13.8. The Morgan fingerprint density at radius 1 is 1.24 bits per heavy atom. The SMILES string of the molecule is CN(C)CCOc1ccc(C(C)(C)C)cc1N. The molecule has 0 saturated carbocycles. The Bertz CT molecular complexity index is 367. The van der Waals surface area contributed by atoms with Gasteiger partial charge in [-0.1, -0.05) is 26.8 Å². The first-order chi connectivity index (χ1) is 7.80. The van der Waals surface area contributed by atoms with Crippen molar-refractivity contribution in [2.45, 2.75) is 26.2 Å². The monoisotopic (exact) mass is 236 g/mol. The van der Waals surface area contributed by atoms with Crippen molar-refractivity contribution in [3.8, 4) is 5.75 Å². The molecule has 0 radical (unpaired) electrons. The summed E-state index contributed by atoms with van der Waals surface area (Å²) in [4.78, 5) is 2.08. The van der Waals surface area contributed by atoms with Crippen molar-refractivity contribution >= 4 is 5.69 Å². The van der Waals surface area contributed by atoms with Gasteiger partial charge in [0.05, 0.1) is 5.69 Å². The number of likely N-dealkylation sites (N-methyl/N-ethyl adjacent to an activating group) is 1. The quantitative estimate of drug-likeness (QED) is 0.816. The molecule has 0 fully saturated rings. The average Bonchev–Trinajstić information content (AvgIpc) is 2.18. The molecule has 3 heteroatoms. The molecule has 0 saturated heterocycles. The second-order valence-corrected chi connectivity index (χ2v) is 5.65. The van der Waals surface area contributed by atoms with Gasteiger partial charge in [0, 0.05) is 6.54 Å². The third kappa shape index (κ3) is 4.27. The zero-order valence-electron chi connectivity index (χ0n) is 11.6. The molecule has 0 aliphatic carbocycles. The van der Waals surface area contributed by atoms with E-state index in [-0.39, 0.29) is 5.41 Å². The van der Waals surface area contributed by atoms with Crippen LogP contribution in [0.2, 0.25) is 0 Å². The second-order valence-electron chi connectivity index (χ2n) is 5.65. The zero-order chi connectivity index (χ0) is 13.1. The van der Waals surface area contributed by atoms with E-state index in [0.717, 1.165) is 18.0 Å². The number of nitrogens with two attached hydrogens (primary N) is 1. The Hall–Kier alpha value is -1.22. The largest absolute Gasteiger partial charge is 0.490 e. The molecule has 96 valence electrons. The summed E-state index contributed by atoms with van der Waals surface area (Å²) in [6.07, 6.45) is 0. The molecule has 0 aromatic heterocycles. The van der Waals surface area contributed by atoms with Crippen LogP contribution in [0, 0.1) is 0 Å². The van der Waals surface area contributed by atoms with Crippen molar-refractivity contribution in [2.24, 2.45) is 0 Å². The zero-order valence-corrected chi connectivity index (χ0v) is 11.6. The van der Waals surface area contributed by atoms with E-state index in [2.05, 4.69) is 31.7 Å². The van der Waals surface area contributed by atoms with Crippen molar-refractivity contribution in [2.75, 3.05) is 33.0 Å². The Balaban J connectivity index is 2.70. The van der Waals surface area contributed by atoms with Gasteiger partial charge in [-0.25, -0.2) is 0 Å². The van der Waals surface area contributed by atoms with Crippen LogP contribution in [0.4, 0.5) is 5.69 Å². The minimum atomic E-state index is 0.121. The van der Waals surface area contributed by atoms with E-state index in [4.69, 9.17) is 10.5 Å². The van der Waals surface area contributed by atoms with Crippen molar-refractivity contribution < 1.29 is 4.74 Å². The Morgan fingerprint density at radius 3 is 2.35 bits per heavy atom. The normalized spacial score (nSPS) is 11.9. The maximum absolute atomic E-state index is 6.00. The number of anilines is 1. The molecule has 2 N–H and O–H groups in total. The minimum absolute atomic E-state index is 0.121. The van der Waals surface area contributed by atoms with Crippen LogP contribution in [0.5, 0.6) is 5.75 Å². The Morgan fingerprint density at radius 2 is 1.88 bits per heavy atom. The highest BCUT2D eigenvalue weighted by Gasteiger charge is 2.14. The van der Waals surface area contributed by atoms with Gasteiger partial charge in [-0.3, -0.25) is 0 Å². The van der Waals surface area contributed by atoms with Gasteiger partial charge in [0.1, 0.15) is 12.4 Å². The van der Waals surface area contributed by atoms with E-state index in [1.54, 1.807) is 0 Å². The summed E-state index contributed by atoms with van der Waals surface area (Å²) in [6.45, 7) is 8.07. The molecule has 17 heavy (non-hydrogen) atoms. The van der Waals surface area contributed by atoms with Crippen molar-refractivity contribution in [3.63, 3.8) is 0 Å².